The van der Waals surface area contributed by atoms with Gasteiger partial charge < -0.3 is 0 Å². The topological polar surface area (TPSA) is 47.0 Å². The van der Waals surface area contributed by atoms with Crippen LogP contribution in [0.4, 0.5) is 0 Å². The number of benzene rings is 2. The molecule has 0 spiro atoms. The molecular formula is C23H14ClNO2S2. The Morgan fingerprint density at radius 2 is 1.72 bits per heavy atom. The Hall–Kier alpha value is -2.60. The van der Waals surface area contributed by atoms with Crippen molar-refractivity contribution in [2.75, 3.05) is 0 Å². The van der Waals surface area contributed by atoms with Crippen molar-refractivity contribution in [2.45, 2.75) is 13.3 Å². The molecule has 3 nitrogen and oxygen atoms in total. The van der Waals surface area contributed by atoms with Gasteiger partial charge in [-0.3, -0.25) is 9.59 Å². The molecule has 142 valence electrons. The molecule has 0 N–H and O–H groups in total. The Kier molecular flexibility index (Phi) is 4.46. The second kappa shape index (κ2) is 7.02. The minimum Gasteiger partial charge on any atom is -0.288 e. The highest BCUT2D eigenvalue weighted by molar-refractivity contribution is 7.29. The van der Waals surface area contributed by atoms with Crippen LogP contribution in [0.15, 0.2) is 54.1 Å². The highest BCUT2D eigenvalue weighted by Crippen LogP contribution is 2.38. The van der Waals surface area contributed by atoms with E-state index in [0.717, 1.165) is 30.5 Å². The van der Waals surface area contributed by atoms with Gasteiger partial charge >= 0.3 is 0 Å². The summed E-state index contributed by atoms with van der Waals surface area (Å²) in [4.78, 5) is 32.1. The normalized spacial score (nSPS) is 14.9. The lowest BCUT2D eigenvalue weighted by Gasteiger charge is -2.03. The predicted molar refractivity (Wildman–Crippen MR) is 120 cm³/mol. The fraction of sp³-hybridized carbons (Fsp3) is 0.0870. The quantitative estimate of drug-likeness (QED) is 0.265. The third-order valence-corrected chi connectivity index (χ3v) is 7.47. The number of halogens is 1. The SMILES string of the molecule is CCc1cc2c(cc1Cl)C(=O)/C(=C\c1cc3sc(-c4ccccc4)nc3s1)C2=O. The molecule has 0 aliphatic heterocycles. The van der Waals surface area contributed by atoms with E-state index in [2.05, 4.69) is 0 Å². The van der Waals surface area contributed by atoms with Gasteiger partial charge in [-0.25, -0.2) is 4.98 Å². The van der Waals surface area contributed by atoms with Crippen LogP contribution in [0.2, 0.25) is 5.02 Å². The summed E-state index contributed by atoms with van der Waals surface area (Å²) in [6.07, 6.45) is 2.40. The minimum absolute atomic E-state index is 0.196. The summed E-state index contributed by atoms with van der Waals surface area (Å²) in [6, 6.07) is 15.4. The number of fused-ring (bicyclic) bond motifs is 2. The summed E-state index contributed by atoms with van der Waals surface area (Å²) in [6.45, 7) is 1.97. The first-order chi connectivity index (χ1) is 14.0. The number of hydrogen-bond acceptors (Lipinski definition) is 5. The van der Waals surface area contributed by atoms with Gasteiger partial charge in [0.05, 0.1) is 10.3 Å². The molecule has 2 aromatic carbocycles. The zero-order valence-corrected chi connectivity index (χ0v) is 17.8. The summed E-state index contributed by atoms with van der Waals surface area (Å²) < 4.78 is 1.05. The number of thiazole rings is 1. The maximum atomic E-state index is 12.8. The first-order valence-electron chi connectivity index (χ1n) is 9.14. The molecule has 1 aliphatic carbocycles. The van der Waals surface area contributed by atoms with E-state index in [1.807, 2.05) is 43.3 Å². The van der Waals surface area contributed by atoms with Gasteiger partial charge in [0.1, 0.15) is 9.84 Å². The maximum absolute atomic E-state index is 12.8. The van der Waals surface area contributed by atoms with Crippen LogP contribution in [0.25, 0.3) is 26.2 Å². The van der Waals surface area contributed by atoms with Gasteiger partial charge in [0.25, 0.3) is 0 Å². The Labute approximate surface area is 180 Å². The first-order valence-corrected chi connectivity index (χ1v) is 11.2. The van der Waals surface area contributed by atoms with Crippen molar-refractivity contribution in [3.8, 4) is 10.6 Å². The Morgan fingerprint density at radius 1 is 1.00 bits per heavy atom. The molecule has 6 heteroatoms. The number of aryl methyl sites for hydroxylation is 1. The standard InChI is InChI=1S/C23H14ClNO2S2/c1-2-12-8-15-16(11-18(12)24)21(27)17(20(15)26)9-14-10-19-23(28-14)25-22(29-19)13-6-4-3-5-7-13/h3-11H,2H2,1H3/b17-9-. The van der Waals surface area contributed by atoms with E-state index in [-0.39, 0.29) is 17.1 Å². The molecule has 0 fully saturated rings. The molecule has 0 radical (unpaired) electrons. The van der Waals surface area contributed by atoms with Crippen LogP contribution >= 0.6 is 34.3 Å². The Balaban J connectivity index is 1.52. The highest BCUT2D eigenvalue weighted by atomic mass is 35.5. The fourth-order valence-corrected chi connectivity index (χ4v) is 5.93. The predicted octanol–water partition coefficient (Wildman–Crippen LogP) is 6.70. The summed E-state index contributed by atoms with van der Waals surface area (Å²) >= 11 is 9.34. The summed E-state index contributed by atoms with van der Waals surface area (Å²) in [5.74, 6) is -0.490. The Bertz CT molecular complexity index is 1300. The van der Waals surface area contributed by atoms with Crippen molar-refractivity contribution in [3.63, 3.8) is 0 Å². The molecular weight excluding hydrogens is 422 g/mol. The van der Waals surface area contributed by atoms with Crippen molar-refractivity contribution in [1.82, 2.24) is 4.98 Å². The van der Waals surface area contributed by atoms with Gasteiger partial charge in [0.2, 0.25) is 0 Å². The lowest BCUT2D eigenvalue weighted by molar-refractivity contribution is 0.0990. The fourth-order valence-electron chi connectivity index (χ4n) is 3.46. The smallest absolute Gasteiger partial charge is 0.197 e. The molecule has 0 saturated heterocycles. The van der Waals surface area contributed by atoms with Crippen LogP contribution in [0.5, 0.6) is 0 Å². The summed E-state index contributed by atoms with van der Waals surface area (Å²) in [7, 11) is 0. The van der Waals surface area contributed by atoms with Gasteiger partial charge in [-0.15, -0.1) is 22.7 Å². The zero-order chi connectivity index (χ0) is 20.1. The molecule has 2 heterocycles. The lowest BCUT2D eigenvalue weighted by atomic mass is 10.0. The summed E-state index contributed by atoms with van der Waals surface area (Å²) in [5.41, 5.74) is 3.00. The number of thiophene rings is 1. The monoisotopic (exact) mass is 435 g/mol. The highest BCUT2D eigenvalue weighted by Gasteiger charge is 2.34. The van der Waals surface area contributed by atoms with E-state index in [4.69, 9.17) is 16.6 Å². The number of ketones is 2. The number of nitrogens with zero attached hydrogens (tertiary/aromatic N) is 1. The number of Topliss-reactive ketones (excluding diaryl/α,β-unsaturated/α-hetero) is 2. The number of carbonyl (C=O) groups excluding carboxylic acids is 2. The van der Waals surface area contributed by atoms with E-state index in [1.54, 1.807) is 29.5 Å². The van der Waals surface area contributed by atoms with E-state index >= 15 is 0 Å². The van der Waals surface area contributed by atoms with E-state index in [1.165, 1.54) is 11.3 Å². The van der Waals surface area contributed by atoms with E-state index in [0.29, 0.717) is 22.6 Å². The number of aromatic nitrogens is 1. The van der Waals surface area contributed by atoms with Crippen molar-refractivity contribution in [3.05, 3.63) is 80.7 Å². The molecule has 29 heavy (non-hydrogen) atoms. The van der Waals surface area contributed by atoms with Gasteiger partial charge in [0, 0.05) is 26.6 Å². The van der Waals surface area contributed by atoms with Gasteiger partial charge in [0.15, 0.2) is 11.6 Å². The van der Waals surface area contributed by atoms with Crippen molar-refractivity contribution >= 4 is 61.4 Å². The molecule has 0 bridgehead atoms. The summed E-state index contributed by atoms with van der Waals surface area (Å²) in [5, 5.41) is 1.50. The second-order valence-corrected chi connectivity index (χ2v) is 9.26. The largest absolute Gasteiger partial charge is 0.288 e. The van der Waals surface area contributed by atoms with Crippen LogP contribution in [0.1, 0.15) is 38.1 Å². The molecule has 4 aromatic rings. The number of hydrogen-bond donors (Lipinski definition) is 0. The van der Waals surface area contributed by atoms with Crippen molar-refractivity contribution in [1.29, 1.82) is 0 Å². The third-order valence-electron chi connectivity index (χ3n) is 4.96. The number of allylic oxidation sites excluding steroid dienone is 1. The Morgan fingerprint density at radius 3 is 2.41 bits per heavy atom. The van der Waals surface area contributed by atoms with Gasteiger partial charge in [-0.05, 0) is 36.3 Å². The molecule has 0 amide bonds. The van der Waals surface area contributed by atoms with Gasteiger partial charge in [-0.2, -0.15) is 0 Å². The average Bonchev–Trinajstić information content (AvgIpc) is 3.36. The molecule has 2 aromatic heterocycles. The van der Waals surface area contributed by atoms with Crippen molar-refractivity contribution < 1.29 is 9.59 Å². The average molecular weight is 436 g/mol. The van der Waals surface area contributed by atoms with Crippen molar-refractivity contribution in [2.24, 2.45) is 0 Å². The molecule has 5 rings (SSSR count). The van der Waals surface area contributed by atoms with Crippen LogP contribution in [0, 0.1) is 0 Å². The van der Waals surface area contributed by atoms with E-state index < -0.39 is 0 Å². The maximum Gasteiger partial charge on any atom is 0.197 e. The number of rotatable bonds is 3. The van der Waals surface area contributed by atoms with Gasteiger partial charge in [-0.1, -0.05) is 48.9 Å². The third kappa shape index (κ3) is 3.06. The first kappa shape index (κ1) is 18.4. The molecule has 0 saturated carbocycles. The van der Waals surface area contributed by atoms with Crippen LogP contribution in [-0.2, 0) is 6.42 Å². The minimum atomic E-state index is -0.260. The van der Waals surface area contributed by atoms with E-state index in [9.17, 15) is 9.59 Å². The van der Waals surface area contributed by atoms with Crippen LogP contribution < -0.4 is 0 Å². The molecule has 0 atom stereocenters. The molecule has 1 aliphatic rings. The lowest BCUT2D eigenvalue weighted by Crippen LogP contribution is -1.99. The zero-order valence-electron chi connectivity index (χ0n) is 15.4. The van der Waals surface area contributed by atoms with Crippen LogP contribution in [0.3, 0.4) is 0 Å². The second-order valence-electron chi connectivity index (χ2n) is 6.76. The number of carbonyl (C=O) groups is 2. The molecule has 0 unspecified atom stereocenters. The van der Waals surface area contributed by atoms with Crippen LogP contribution in [-0.4, -0.2) is 16.6 Å².